The van der Waals surface area contributed by atoms with Crippen molar-refractivity contribution >= 4 is 20.0 Å². The second-order valence-electron chi connectivity index (χ2n) is 6.55. The standard InChI is InChI=1S/C15H26F7NO4S2.K/c1-2-3-4-5-6-7-8-9-10-11-12-14(18,15(19,20)21)29(25,26)23-28(24,27-22)13(16)17;/h13H,2-12H2,1H3;/q;+1. The number of halogens is 7. The van der Waals surface area contributed by atoms with Crippen LogP contribution in [0.15, 0.2) is 3.77 Å². The topological polar surface area (TPSA) is 72.8 Å². The number of sulfonamides is 1. The van der Waals surface area contributed by atoms with Crippen LogP contribution in [-0.2, 0) is 24.4 Å². The van der Waals surface area contributed by atoms with Gasteiger partial charge in [-0.3, -0.25) is 0 Å². The SMILES string of the molecule is CCCCCCCCCCCCC(F)(C(F)(F)F)S(=O)(=O)N=S(=O)(OF)C(F)F.[K+]. The molecular weight excluding hydrogens is 494 g/mol. The van der Waals surface area contributed by atoms with Crippen LogP contribution in [0.3, 0.4) is 0 Å². The van der Waals surface area contributed by atoms with E-state index in [4.69, 9.17) is 0 Å². The van der Waals surface area contributed by atoms with Crippen molar-refractivity contribution in [3.8, 4) is 0 Å². The molecule has 15 heteroatoms. The number of nitrogens with zero attached hydrogens (tertiary/aromatic N) is 1. The Labute approximate surface area is 215 Å². The van der Waals surface area contributed by atoms with Crippen molar-refractivity contribution < 1.29 is 99.3 Å². The van der Waals surface area contributed by atoms with E-state index < -0.39 is 49.8 Å². The summed E-state index contributed by atoms with van der Waals surface area (Å²) in [6, 6.07) is 0. The molecule has 0 aromatic rings. The molecule has 0 aromatic heterocycles. The Morgan fingerprint density at radius 1 is 0.833 bits per heavy atom. The van der Waals surface area contributed by atoms with E-state index in [0.717, 1.165) is 38.5 Å². The van der Waals surface area contributed by atoms with Gasteiger partial charge in [0.15, 0.2) is 0 Å². The fraction of sp³-hybridized carbons (Fsp3) is 1.00. The van der Waals surface area contributed by atoms with Crippen molar-refractivity contribution in [1.29, 1.82) is 0 Å². The van der Waals surface area contributed by atoms with Gasteiger partial charge >= 0.3 is 78.3 Å². The fourth-order valence-electron chi connectivity index (χ4n) is 2.52. The maximum atomic E-state index is 14.4. The largest absolute Gasteiger partial charge is 1.00 e. The molecule has 0 amide bonds. The molecule has 30 heavy (non-hydrogen) atoms. The van der Waals surface area contributed by atoms with Crippen LogP contribution in [0.1, 0.15) is 77.6 Å². The van der Waals surface area contributed by atoms with E-state index in [-0.39, 0.29) is 57.8 Å². The molecule has 0 heterocycles. The van der Waals surface area contributed by atoms with Crippen LogP contribution in [0.25, 0.3) is 0 Å². The zero-order valence-corrected chi connectivity index (χ0v) is 21.7. The minimum atomic E-state index is -6.49. The molecule has 0 saturated carbocycles. The first-order valence-electron chi connectivity index (χ1n) is 9.13. The van der Waals surface area contributed by atoms with Crippen LogP contribution in [0, 0.1) is 0 Å². The zero-order valence-electron chi connectivity index (χ0n) is 16.9. The molecule has 0 aliphatic rings. The van der Waals surface area contributed by atoms with Crippen LogP contribution in [0.5, 0.6) is 0 Å². The van der Waals surface area contributed by atoms with E-state index in [1.807, 2.05) is 0 Å². The van der Waals surface area contributed by atoms with Gasteiger partial charge in [-0.1, -0.05) is 72.9 Å². The van der Waals surface area contributed by atoms with Gasteiger partial charge < -0.3 is 0 Å². The van der Waals surface area contributed by atoms with Crippen LogP contribution in [-0.4, -0.2) is 29.6 Å². The van der Waals surface area contributed by atoms with Crippen LogP contribution < -0.4 is 51.4 Å². The van der Waals surface area contributed by atoms with E-state index in [9.17, 15) is 43.5 Å². The van der Waals surface area contributed by atoms with E-state index in [1.54, 1.807) is 3.77 Å². The third-order valence-electron chi connectivity index (χ3n) is 4.20. The van der Waals surface area contributed by atoms with Gasteiger partial charge in [0.2, 0.25) is 0 Å². The number of hydrogen-bond acceptors (Lipinski definition) is 4. The van der Waals surface area contributed by atoms with Gasteiger partial charge in [-0.25, -0.2) is 17.0 Å². The summed E-state index contributed by atoms with van der Waals surface area (Å²) in [5, 5.41) is -5.09. The molecule has 0 aromatic carbocycles. The summed E-state index contributed by atoms with van der Waals surface area (Å²) in [5.74, 6) is -4.41. The zero-order chi connectivity index (χ0) is 22.8. The van der Waals surface area contributed by atoms with E-state index in [0.29, 0.717) is 12.8 Å². The molecule has 176 valence electrons. The predicted molar refractivity (Wildman–Crippen MR) is 94.0 cm³/mol. The third-order valence-corrected chi connectivity index (χ3v) is 7.70. The average molecular weight is 521 g/mol. The second kappa shape index (κ2) is 15.0. The first-order valence-corrected chi connectivity index (χ1v) is 12.1. The maximum absolute atomic E-state index is 14.4. The summed E-state index contributed by atoms with van der Waals surface area (Å²) in [6.45, 7) is 2.07. The molecule has 0 fully saturated rings. The molecule has 2 unspecified atom stereocenters. The Bertz CT molecular complexity index is 698. The van der Waals surface area contributed by atoms with Crippen molar-refractivity contribution in [2.45, 2.75) is 94.5 Å². The summed E-state index contributed by atoms with van der Waals surface area (Å²) in [5.41, 5.74) is 0. The van der Waals surface area contributed by atoms with Gasteiger partial charge in [-0.05, 0) is 10.9 Å². The van der Waals surface area contributed by atoms with Crippen molar-refractivity contribution in [2.24, 2.45) is 3.77 Å². The Morgan fingerprint density at radius 3 is 1.57 bits per heavy atom. The van der Waals surface area contributed by atoms with E-state index in [1.165, 1.54) is 0 Å². The van der Waals surface area contributed by atoms with Crippen LogP contribution in [0.2, 0.25) is 0 Å². The number of unbranched alkanes of at least 4 members (excludes halogenated alkanes) is 9. The smallest absolute Gasteiger partial charge is 0.214 e. The molecular formula is C15H26F7KNO4S2+. The van der Waals surface area contributed by atoms with Crippen LogP contribution in [0.4, 0.5) is 30.9 Å². The summed E-state index contributed by atoms with van der Waals surface area (Å²) in [6.07, 6.45) is -1.07. The number of alkyl halides is 6. The molecule has 0 aliphatic heterocycles. The van der Waals surface area contributed by atoms with Gasteiger partial charge in [-0.15, -0.1) is 0 Å². The van der Waals surface area contributed by atoms with Crippen LogP contribution >= 0.6 is 0 Å². The van der Waals surface area contributed by atoms with Crippen molar-refractivity contribution in [3.63, 3.8) is 0 Å². The number of hydrogen-bond donors (Lipinski definition) is 0. The minimum Gasteiger partial charge on any atom is -0.214 e. The Morgan fingerprint density at radius 2 is 1.23 bits per heavy atom. The normalized spacial score (nSPS) is 16.6. The molecule has 2 atom stereocenters. The summed E-state index contributed by atoms with van der Waals surface area (Å²) < 4.78 is 129. The molecule has 5 nitrogen and oxygen atoms in total. The molecule has 0 bridgehead atoms. The van der Waals surface area contributed by atoms with Gasteiger partial charge in [-0.2, -0.15) is 22.0 Å². The molecule has 0 rings (SSSR count). The molecule has 0 aliphatic carbocycles. The fourth-order valence-corrected chi connectivity index (χ4v) is 5.19. The first kappa shape index (κ1) is 33.2. The Balaban J connectivity index is 0. The van der Waals surface area contributed by atoms with Crippen molar-refractivity contribution in [2.75, 3.05) is 0 Å². The van der Waals surface area contributed by atoms with E-state index in [2.05, 4.69) is 11.3 Å². The Kier molecular flexibility index (Phi) is 16.6. The quantitative estimate of drug-likeness (QED) is 0.189. The Hall–Kier alpha value is 1.01. The summed E-state index contributed by atoms with van der Waals surface area (Å²) in [7, 11) is -12.5. The summed E-state index contributed by atoms with van der Waals surface area (Å²) in [4.78, 5) is 0. The van der Waals surface area contributed by atoms with E-state index >= 15 is 0 Å². The van der Waals surface area contributed by atoms with Gasteiger partial charge in [0, 0.05) is 6.42 Å². The van der Waals surface area contributed by atoms with Gasteiger partial charge in [0.05, 0.1) is 0 Å². The molecule has 0 radical (unpaired) electrons. The van der Waals surface area contributed by atoms with Gasteiger partial charge in [0.25, 0.3) is 10.0 Å². The summed E-state index contributed by atoms with van der Waals surface area (Å²) >= 11 is 0. The first-order chi connectivity index (χ1) is 13.3. The third kappa shape index (κ3) is 10.3. The number of rotatable bonds is 15. The maximum Gasteiger partial charge on any atom is 1.00 e. The molecule has 0 N–H and O–H groups in total. The molecule has 0 spiro atoms. The van der Waals surface area contributed by atoms with Crippen molar-refractivity contribution in [3.05, 3.63) is 0 Å². The van der Waals surface area contributed by atoms with Gasteiger partial charge in [0.1, 0.15) is 0 Å². The second-order valence-corrected chi connectivity index (χ2v) is 10.3. The molecule has 0 saturated heterocycles. The average Bonchev–Trinajstić information content (AvgIpc) is 2.61. The minimum absolute atomic E-state index is 0. The monoisotopic (exact) mass is 520 g/mol. The van der Waals surface area contributed by atoms with Crippen molar-refractivity contribution in [1.82, 2.24) is 0 Å². The predicted octanol–water partition coefficient (Wildman–Crippen LogP) is 3.37.